The van der Waals surface area contributed by atoms with Gasteiger partial charge in [-0.2, -0.15) is 0 Å². The maximum absolute atomic E-state index is 5.57. The summed E-state index contributed by atoms with van der Waals surface area (Å²) in [6.45, 7) is 1.17. The molecule has 18 heavy (non-hydrogen) atoms. The van der Waals surface area contributed by atoms with E-state index >= 15 is 0 Å². The second-order valence-electron chi connectivity index (χ2n) is 4.02. The molecule has 0 atom stereocenters. The second kappa shape index (κ2) is 5.93. The molecule has 0 aliphatic carbocycles. The minimum Gasteiger partial charge on any atom is -0.354 e. The van der Waals surface area contributed by atoms with Crippen molar-refractivity contribution < 1.29 is 0 Å². The van der Waals surface area contributed by atoms with E-state index < -0.39 is 0 Å². The molecule has 0 saturated carbocycles. The number of nitrogens with two attached hydrogens (primary N) is 1. The van der Waals surface area contributed by atoms with Crippen LogP contribution in [0.3, 0.4) is 0 Å². The van der Waals surface area contributed by atoms with Gasteiger partial charge in [0.1, 0.15) is 5.82 Å². The lowest BCUT2D eigenvalue weighted by Crippen LogP contribution is -2.19. The average Bonchev–Trinajstić information content (AvgIpc) is 2.41. The molecule has 0 bridgehead atoms. The van der Waals surface area contributed by atoms with Gasteiger partial charge in [-0.1, -0.05) is 34.1 Å². The lowest BCUT2D eigenvalue weighted by atomic mass is 10.2. The molecule has 0 amide bonds. The highest BCUT2D eigenvalue weighted by Crippen LogP contribution is 2.19. The van der Waals surface area contributed by atoms with Gasteiger partial charge in [-0.3, -0.25) is 4.98 Å². The first-order chi connectivity index (χ1) is 8.70. The van der Waals surface area contributed by atoms with E-state index in [1.807, 2.05) is 30.1 Å². The van der Waals surface area contributed by atoms with Crippen molar-refractivity contribution in [2.75, 3.05) is 11.9 Å². The Labute approximate surface area is 115 Å². The van der Waals surface area contributed by atoms with Crippen molar-refractivity contribution >= 4 is 21.7 Å². The number of anilines is 1. The van der Waals surface area contributed by atoms with Crippen LogP contribution in [0.5, 0.6) is 0 Å². The normalized spacial score (nSPS) is 10.4. The SMILES string of the molecule is CN(Cc1ccccc1Br)c1cncc(CN)n1. The molecule has 1 heterocycles. The Morgan fingerprint density at radius 1 is 1.28 bits per heavy atom. The van der Waals surface area contributed by atoms with Crippen LogP contribution in [0.15, 0.2) is 41.1 Å². The van der Waals surface area contributed by atoms with Crippen LogP contribution in [-0.2, 0) is 13.1 Å². The van der Waals surface area contributed by atoms with Crippen LogP contribution in [0.25, 0.3) is 0 Å². The second-order valence-corrected chi connectivity index (χ2v) is 4.87. The molecule has 2 rings (SSSR count). The topological polar surface area (TPSA) is 55.0 Å². The van der Waals surface area contributed by atoms with Gasteiger partial charge in [-0.05, 0) is 11.6 Å². The smallest absolute Gasteiger partial charge is 0.147 e. The molecule has 2 N–H and O–H groups in total. The van der Waals surface area contributed by atoms with Crippen molar-refractivity contribution in [1.29, 1.82) is 0 Å². The van der Waals surface area contributed by atoms with Crippen LogP contribution >= 0.6 is 15.9 Å². The number of hydrogen-bond donors (Lipinski definition) is 1. The Morgan fingerprint density at radius 3 is 2.78 bits per heavy atom. The minimum atomic E-state index is 0.406. The van der Waals surface area contributed by atoms with Crippen molar-refractivity contribution in [1.82, 2.24) is 9.97 Å². The van der Waals surface area contributed by atoms with E-state index in [9.17, 15) is 0 Å². The fourth-order valence-corrected chi connectivity index (χ4v) is 2.05. The quantitative estimate of drug-likeness (QED) is 0.942. The summed E-state index contributed by atoms with van der Waals surface area (Å²) in [6, 6.07) is 8.14. The van der Waals surface area contributed by atoms with Crippen molar-refractivity contribution in [2.24, 2.45) is 5.73 Å². The summed E-state index contributed by atoms with van der Waals surface area (Å²) >= 11 is 3.54. The first-order valence-corrected chi connectivity index (χ1v) is 6.45. The van der Waals surface area contributed by atoms with Crippen LogP contribution in [0.4, 0.5) is 5.82 Å². The van der Waals surface area contributed by atoms with Crippen molar-refractivity contribution in [2.45, 2.75) is 13.1 Å². The van der Waals surface area contributed by atoms with E-state index in [0.29, 0.717) is 6.54 Å². The number of rotatable bonds is 4. The Hall–Kier alpha value is -1.46. The van der Waals surface area contributed by atoms with Gasteiger partial charge in [0.25, 0.3) is 0 Å². The fraction of sp³-hybridized carbons (Fsp3) is 0.231. The third kappa shape index (κ3) is 3.05. The van der Waals surface area contributed by atoms with Crippen molar-refractivity contribution in [3.8, 4) is 0 Å². The fourth-order valence-electron chi connectivity index (χ4n) is 1.64. The summed E-state index contributed by atoms with van der Waals surface area (Å²) in [6.07, 6.45) is 3.44. The third-order valence-corrected chi connectivity index (χ3v) is 3.41. The Kier molecular flexibility index (Phi) is 4.28. The lowest BCUT2D eigenvalue weighted by Gasteiger charge is -2.19. The minimum absolute atomic E-state index is 0.406. The van der Waals surface area contributed by atoms with E-state index in [-0.39, 0.29) is 0 Å². The number of nitrogens with zero attached hydrogens (tertiary/aromatic N) is 3. The largest absolute Gasteiger partial charge is 0.354 e. The van der Waals surface area contributed by atoms with Gasteiger partial charge in [0.15, 0.2) is 0 Å². The number of hydrogen-bond acceptors (Lipinski definition) is 4. The molecule has 94 valence electrons. The van der Waals surface area contributed by atoms with Crippen LogP contribution in [0, 0.1) is 0 Å². The summed E-state index contributed by atoms with van der Waals surface area (Å²) in [5, 5.41) is 0. The van der Waals surface area contributed by atoms with Crippen LogP contribution in [0.1, 0.15) is 11.3 Å². The van der Waals surface area contributed by atoms with Gasteiger partial charge in [0.2, 0.25) is 0 Å². The van der Waals surface area contributed by atoms with Gasteiger partial charge in [0.05, 0.1) is 11.9 Å². The van der Waals surface area contributed by atoms with E-state index in [0.717, 1.165) is 22.5 Å². The predicted octanol–water partition coefficient (Wildman–Crippen LogP) is 2.33. The molecule has 0 aliphatic rings. The first-order valence-electron chi connectivity index (χ1n) is 5.66. The summed E-state index contributed by atoms with van der Waals surface area (Å²) in [5.41, 5.74) is 7.57. The van der Waals surface area contributed by atoms with Crippen molar-refractivity contribution in [3.05, 3.63) is 52.4 Å². The Bertz CT molecular complexity index is 530. The molecule has 2 aromatic rings. The molecule has 0 unspecified atom stereocenters. The number of benzene rings is 1. The van der Waals surface area contributed by atoms with Gasteiger partial charge >= 0.3 is 0 Å². The highest BCUT2D eigenvalue weighted by molar-refractivity contribution is 9.10. The molecule has 0 spiro atoms. The molecule has 4 nitrogen and oxygen atoms in total. The molecule has 0 fully saturated rings. The maximum atomic E-state index is 5.57. The summed E-state index contributed by atoms with van der Waals surface area (Å²) in [5.74, 6) is 0.828. The summed E-state index contributed by atoms with van der Waals surface area (Å²) < 4.78 is 1.10. The van der Waals surface area contributed by atoms with Gasteiger partial charge in [0, 0.05) is 30.8 Å². The van der Waals surface area contributed by atoms with Crippen LogP contribution in [-0.4, -0.2) is 17.0 Å². The van der Waals surface area contributed by atoms with E-state index in [4.69, 9.17) is 5.73 Å². The number of halogens is 1. The third-order valence-electron chi connectivity index (χ3n) is 2.64. The first kappa shape index (κ1) is 13.0. The molecule has 5 heteroatoms. The van der Waals surface area contributed by atoms with Crippen LogP contribution < -0.4 is 10.6 Å². The highest BCUT2D eigenvalue weighted by atomic mass is 79.9. The number of aromatic nitrogens is 2. The molecule has 0 saturated heterocycles. The van der Waals surface area contributed by atoms with E-state index in [2.05, 4.69) is 32.0 Å². The molecule has 0 aliphatic heterocycles. The zero-order valence-electron chi connectivity index (χ0n) is 10.2. The monoisotopic (exact) mass is 306 g/mol. The van der Waals surface area contributed by atoms with E-state index in [1.165, 1.54) is 5.56 Å². The Morgan fingerprint density at radius 2 is 2.06 bits per heavy atom. The van der Waals surface area contributed by atoms with Gasteiger partial charge in [-0.15, -0.1) is 0 Å². The summed E-state index contributed by atoms with van der Waals surface area (Å²) in [7, 11) is 1.99. The molecular weight excluding hydrogens is 292 g/mol. The van der Waals surface area contributed by atoms with Gasteiger partial charge < -0.3 is 10.6 Å². The lowest BCUT2D eigenvalue weighted by molar-refractivity contribution is 0.862. The zero-order valence-corrected chi connectivity index (χ0v) is 11.8. The standard InChI is InChI=1S/C13H15BrN4/c1-18(9-10-4-2-3-5-12(10)14)13-8-16-7-11(6-15)17-13/h2-5,7-8H,6,9,15H2,1H3. The molecule has 1 aromatic carbocycles. The van der Waals surface area contributed by atoms with Crippen LogP contribution in [0.2, 0.25) is 0 Å². The van der Waals surface area contributed by atoms with E-state index in [1.54, 1.807) is 12.4 Å². The van der Waals surface area contributed by atoms with Gasteiger partial charge in [-0.25, -0.2) is 4.98 Å². The van der Waals surface area contributed by atoms with Crippen molar-refractivity contribution in [3.63, 3.8) is 0 Å². The Balaban J connectivity index is 2.16. The molecular formula is C13H15BrN4. The highest BCUT2D eigenvalue weighted by Gasteiger charge is 2.06. The molecule has 0 radical (unpaired) electrons. The summed E-state index contributed by atoms with van der Waals surface area (Å²) in [4.78, 5) is 10.6. The average molecular weight is 307 g/mol. The maximum Gasteiger partial charge on any atom is 0.147 e. The molecule has 1 aromatic heterocycles. The predicted molar refractivity (Wildman–Crippen MR) is 76.2 cm³/mol. The zero-order chi connectivity index (χ0) is 13.0.